The summed E-state index contributed by atoms with van der Waals surface area (Å²) in [6.45, 7) is 0.859. The van der Waals surface area contributed by atoms with Gasteiger partial charge in [0.15, 0.2) is 11.5 Å². The fourth-order valence-corrected chi connectivity index (χ4v) is 3.29. The van der Waals surface area contributed by atoms with Crippen LogP contribution in [0.15, 0.2) is 54.9 Å². The van der Waals surface area contributed by atoms with Gasteiger partial charge in [0, 0.05) is 24.5 Å². The third-order valence-electron chi connectivity index (χ3n) is 4.18. The van der Waals surface area contributed by atoms with E-state index in [0.29, 0.717) is 5.82 Å². The third-order valence-corrected chi connectivity index (χ3v) is 4.67. The van der Waals surface area contributed by atoms with Crippen molar-refractivity contribution in [1.29, 1.82) is 0 Å². The number of aromatic nitrogens is 5. The molecule has 1 aliphatic rings. The van der Waals surface area contributed by atoms with Crippen LogP contribution >= 0.6 is 12.6 Å². The van der Waals surface area contributed by atoms with Gasteiger partial charge in [-0.15, -0.1) is 5.10 Å². The smallest absolute Gasteiger partial charge is 0.170 e. The Balaban J connectivity index is 1.56. The van der Waals surface area contributed by atoms with E-state index in [1.165, 1.54) is 11.1 Å². The van der Waals surface area contributed by atoms with Gasteiger partial charge in [0.25, 0.3) is 0 Å². The van der Waals surface area contributed by atoms with Gasteiger partial charge in [0.2, 0.25) is 0 Å². The lowest BCUT2D eigenvalue weighted by atomic mass is 10.1. The zero-order valence-electron chi connectivity index (χ0n) is 12.2. The van der Waals surface area contributed by atoms with E-state index in [0.717, 1.165) is 23.7 Å². The van der Waals surface area contributed by atoms with Crippen molar-refractivity contribution in [2.24, 2.45) is 0 Å². The molecule has 3 aromatic heterocycles. The van der Waals surface area contributed by atoms with Crippen molar-refractivity contribution in [3.05, 3.63) is 71.9 Å². The second-order valence-corrected chi connectivity index (χ2v) is 6.17. The Bertz CT molecular complexity index is 999. The fourth-order valence-electron chi connectivity index (χ4n) is 3.06. The molecule has 0 bridgehead atoms. The predicted molar refractivity (Wildman–Crippen MR) is 90.6 cm³/mol. The van der Waals surface area contributed by atoms with Crippen LogP contribution in [0.5, 0.6) is 0 Å². The predicted octanol–water partition coefficient (Wildman–Crippen LogP) is 2.97. The Morgan fingerprint density at radius 2 is 1.91 bits per heavy atom. The number of nitrogens with zero attached hydrogens (tertiary/aromatic N) is 5. The number of hydrogen-bond donors (Lipinski definition) is 1. The number of rotatable bonds is 2. The van der Waals surface area contributed by atoms with Crippen LogP contribution in [0.4, 0.5) is 0 Å². The molecule has 5 nitrogen and oxygen atoms in total. The molecule has 4 heterocycles. The lowest BCUT2D eigenvalue weighted by Gasteiger charge is -2.02. The highest BCUT2D eigenvalue weighted by molar-refractivity contribution is 7.80. The molecule has 1 aliphatic heterocycles. The molecular weight excluding hydrogens is 306 g/mol. The van der Waals surface area contributed by atoms with E-state index in [-0.39, 0.29) is 5.25 Å². The average Bonchev–Trinajstić information content (AvgIpc) is 3.25. The first-order valence-electron chi connectivity index (χ1n) is 7.44. The molecule has 0 saturated carbocycles. The maximum absolute atomic E-state index is 4.78. The molecule has 0 amide bonds. The molecular formula is C17H13N5S. The summed E-state index contributed by atoms with van der Waals surface area (Å²) in [5, 5.41) is 4.26. The Labute approximate surface area is 138 Å². The first kappa shape index (κ1) is 12.9. The summed E-state index contributed by atoms with van der Waals surface area (Å²) in [6.07, 6.45) is 3.94. The minimum atomic E-state index is -0.236. The largest absolute Gasteiger partial charge is 0.326 e. The molecule has 0 fully saturated rings. The van der Waals surface area contributed by atoms with Crippen LogP contribution in [-0.2, 0) is 6.54 Å². The average molecular weight is 319 g/mol. The van der Waals surface area contributed by atoms with Gasteiger partial charge >= 0.3 is 0 Å². The normalized spacial score (nSPS) is 14.0. The zero-order valence-corrected chi connectivity index (χ0v) is 13.1. The van der Waals surface area contributed by atoms with Gasteiger partial charge in [-0.1, -0.05) is 30.3 Å². The van der Waals surface area contributed by atoms with E-state index < -0.39 is 0 Å². The summed E-state index contributed by atoms with van der Waals surface area (Å²) < 4.78 is 3.93. The molecule has 1 aromatic carbocycles. The van der Waals surface area contributed by atoms with E-state index in [9.17, 15) is 0 Å². The van der Waals surface area contributed by atoms with E-state index in [1.54, 1.807) is 4.52 Å². The van der Waals surface area contributed by atoms with E-state index in [2.05, 4.69) is 39.0 Å². The van der Waals surface area contributed by atoms with Gasteiger partial charge in [-0.2, -0.15) is 12.6 Å². The van der Waals surface area contributed by atoms with E-state index in [1.807, 2.05) is 30.5 Å². The third kappa shape index (κ3) is 1.91. The molecule has 112 valence electrons. The maximum Gasteiger partial charge on any atom is 0.170 e. The van der Waals surface area contributed by atoms with Crippen LogP contribution in [0.1, 0.15) is 22.3 Å². The van der Waals surface area contributed by atoms with Crippen molar-refractivity contribution in [2.45, 2.75) is 11.8 Å². The molecule has 1 unspecified atom stereocenters. The van der Waals surface area contributed by atoms with Crippen LogP contribution in [0.25, 0.3) is 17.0 Å². The number of pyridine rings is 1. The lowest BCUT2D eigenvalue weighted by Crippen LogP contribution is -1.98. The fraction of sp³-hybridized carbons (Fsp3) is 0.118. The molecule has 0 spiro atoms. The minimum absolute atomic E-state index is 0.236. The highest BCUT2D eigenvalue weighted by Crippen LogP contribution is 2.34. The van der Waals surface area contributed by atoms with Crippen molar-refractivity contribution in [2.75, 3.05) is 0 Å². The first-order valence-corrected chi connectivity index (χ1v) is 7.96. The quantitative estimate of drug-likeness (QED) is 0.509. The van der Waals surface area contributed by atoms with Gasteiger partial charge < -0.3 is 4.57 Å². The van der Waals surface area contributed by atoms with Crippen molar-refractivity contribution in [1.82, 2.24) is 24.1 Å². The maximum atomic E-state index is 4.78. The van der Waals surface area contributed by atoms with Crippen molar-refractivity contribution < 1.29 is 0 Å². The Kier molecular flexibility index (Phi) is 2.63. The van der Waals surface area contributed by atoms with Gasteiger partial charge in [-0.3, -0.25) is 0 Å². The molecule has 4 aromatic rings. The summed E-state index contributed by atoms with van der Waals surface area (Å²) in [6, 6.07) is 14.2. The molecule has 0 radical (unpaired) electrons. The van der Waals surface area contributed by atoms with Crippen molar-refractivity contribution in [3.8, 4) is 11.4 Å². The van der Waals surface area contributed by atoms with Crippen molar-refractivity contribution >= 4 is 18.3 Å². The number of thiol groups is 1. The summed E-state index contributed by atoms with van der Waals surface area (Å²) in [5.74, 6) is 1.67. The SMILES string of the molecule is SC(c1cn2c(n1)-c1ccccc1C2)c1nc2ccccn2n1. The molecule has 1 atom stereocenters. The van der Waals surface area contributed by atoms with Gasteiger partial charge in [0.1, 0.15) is 11.1 Å². The van der Waals surface area contributed by atoms with E-state index in [4.69, 9.17) is 17.6 Å². The van der Waals surface area contributed by atoms with Crippen molar-refractivity contribution in [3.63, 3.8) is 0 Å². The summed E-state index contributed by atoms with van der Waals surface area (Å²) in [4.78, 5) is 9.32. The molecule has 6 heteroatoms. The van der Waals surface area contributed by atoms with Crippen LogP contribution in [0, 0.1) is 0 Å². The van der Waals surface area contributed by atoms with Crippen LogP contribution in [0.3, 0.4) is 0 Å². The molecule has 5 rings (SSSR count). The monoisotopic (exact) mass is 319 g/mol. The Morgan fingerprint density at radius 1 is 1.04 bits per heavy atom. The highest BCUT2D eigenvalue weighted by Gasteiger charge is 2.24. The second-order valence-electron chi connectivity index (χ2n) is 5.65. The minimum Gasteiger partial charge on any atom is -0.326 e. The second kappa shape index (κ2) is 4.70. The number of imidazole rings is 1. The van der Waals surface area contributed by atoms with Gasteiger partial charge in [-0.05, 0) is 17.7 Å². The van der Waals surface area contributed by atoms with Crippen LogP contribution in [0.2, 0.25) is 0 Å². The standard InChI is InChI=1S/C17H13N5S/c23-15(16-19-14-7-3-4-8-22(14)20-16)13-10-21-9-11-5-1-2-6-12(11)17(21)18-13/h1-8,10,15,23H,9H2. The number of benzene rings is 1. The molecule has 0 saturated heterocycles. The molecule has 23 heavy (non-hydrogen) atoms. The topological polar surface area (TPSA) is 48.0 Å². The highest BCUT2D eigenvalue weighted by atomic mass is 32.1. The number of hydrogen-bond acceptors (Lipinski definition) is 4. The van der Waals surface area contributed by atoms with Gasteiger partial charge in [0.05, 0.1) is 5.69 Å². The lowest BCUT2D eigenvalue weighted by molar-refractivity contribution is 0.841. The summed E-state index contributed by atoms with van der Waals surface area (Å²) in [7, 11) is 0. The van der Waals surface area contributed by atoms with Crippen LogP contribution in [-0.4, -0.2) is 24.1 Å². The Morgan fingerprint density at radius 3 is 2.83 bits per heavy atom. The van der Waals surface area contributed by atoms with E-state index >= 15 is 0 Å². The zero-order chi connectivity index (χ0) is 15.4. The number of fused-ring (bicyclic) bond motifs is 4. The Hall–Kier alpha value is -2.60. The molecule has 0 aliphatic carbocycles. The van der Waals surface area contributed by atoms with Crippen LogP contribution < -0.4 is 0 Å². The first-order chi connectivity index (χ1) is 11.3. The van der Waals surface area contributed by atoms with Gasteiger partial charge in [-0.25, -0.2) is 14.5 Å². The molecule has 0 N–H and O–H groups in total. The summed E-state index contributed by atoms with van der Waals surface area (Å²) >= 11 is 4.70. The summed E-state index contributed by atoms with van der Waals surface area (Å²) in [5.41, 5.74) is 4.21.